The van der Waals surface area contributed by atoms with Gasteiger partial charge in [0.15, 0.2) is 0 Å². The van der Waals surface area contributed by atoms with Crippen molar-refractivity contribution >= 4 is 11.8 Å². The lowest BCUT2D eigenvalue weighted by atomic mass is 9.84. The molecule has 2 heterocycles. The Balaban J connectivity index is 1.77. The van der Waals surface area contributed by atoms with E-state index in [1.54, 1.807) is 24.1 Å². The second kappa shape index (κ2) is 10.7. The zero-order valence-electron chi connectivity index (χ0n) is 20.0. The van der Waals surface area contributed by atoms with Crippen LogP contribution in [0, 0.1) is 11.8 Å². The molecule has 0 N–H and O–H groups in total. The van der Waals surface area contributed by atoms with Gasteiger partial charge in [-0.2, -0.15) is 5.10 Å². The molecule has 2 amide bonds. The van der Waals surface area contributed by atoms with Gasteiger partial charge in [-0.25, -0.2) is 0 Å². The summed E-state index contributed by atoms with van der Waals surface area (Å²) in [7, 11) is 5.35. The Morgan fingerprint density at radius 3 is 2.53 bits per heavy atom. The number of hydrogen-bond donors (Lipinski definition) is 0. The van der Waals surface area contributed by atoms with E-state index in [1.165, 1.54) is 0 Å². The molecule has 0 radical (unpaired) electrons. The average Bonchev–Trinajstić information content (AvgIpc) is 3.22. The molecular formula is C25H36N4O3. The molecule has 1 atom stereocenters. The highest BCUT2D eigenvalue weighted by Gasteiger charge is 2.33. The number of methoxy groups -OCH3 is 1. The summed E-state index contributed by atoms with van der Waals surface area (Å²) in [6, 6.07) is 9.80. The minimum Gasteiger partial charge on any atom is -0.497 e. The third-order valence-corrected chi connectivity index (χ3v) is 6.35. The van der Waals surface area contributed by atoms with Gasteiger partial charge in [0.1, 0.15) is 11.4 Å². The summed E-state index contributed by atoms with van der Waals surface area (Å²) < 4.78 is 7.05. The highest BCUT2D eigenvalue weighted by Crippen LogP contribution is 2.28. The van der Waals surface area contributed by atoms with Crippen molar-refractivity contribution in [3.8, 4) is 5.75 Å². The molecule has 1 aromatic heterocycles. The third-order valence-electron chi connectivity index (χ3n) is 6.35. The molecule has 174 valence electrons. The van der Waals surface area contributed by atoms with E-state index in [4.69, 9.17) is 4.74 Å². The second-order valence-electron chi connectivity index (χ2n) is 9.23. The number of aromatic nitrogens is 2. The van der Waals surface area contributed by atoms with Crippen molar-refractivity contribution in [3.63, 3.8) is 0 Å². The molecule has 32 heavy (non-hydrogen) atoms. The normalized spacial score (nSPS) is 15.6. The number of benzene rings is 1. The van der Waals surface area contributed by atoms with Gasteiger partial charge >= 0.3 is 0 Å². The van der Waals surface area contributed by atoms with E-state index in [1.807, 2.05) is 42.1 Å². The summed E-state index contributed by atoms with van der Waals surface area (Å²) in [4.78, 5) is 29.6. The minimum atomic E-state index is -0.0724. The van der Waals surface area contributed by atoms with Crippen molar-refractivity contribution < 1.29 is 14.3 Å². The number of carbonyl (C=O) groups is 2. The summed E-state index contributed by atoms with van der Waals surface area (Å²) in [5.41, 5.74) is 1.59. The number of nitrogens with zero attached hydrogens (tertiary/aromatic N) is 4. The van der Waals surface area contributed by atoms with E-state index in [0.29, 0.717) is 24.0 Å². The molecule has 7 nitrogen and oxygen atoms in total. The number of hydrogen-bond acceptors (Lipinski definition) is 4. The molecule has 1 aliphatic heterocycles. The first-order valence-corrected chi connectivity index (χ1v) is 11.5. The number of aryl methyl sites for hydroxylation is 1. The summed E-state index contributed by atoms with van der Waals surface area (Å²) in [5, 5.41) is 4.31. The molecule has 0 saturated carbocycles. The van der Waals surface area contributed by atoms with Crippen molar-refractivity contribution in [1.29, 1.82) is 0 Å². The number of likely N-dealkylation sites (N-methyl/N-ethyl adjacent to an activating group) is 1. The van der Waals surface area contributed by atoms with Crippen molar-refractivity contribution in [1.82, 2.24) is 19.6 Å². The van der Waals surface area contributed by atoms with Crippen molar-refractivity contribution in [2.75, 3.05) is 27.2 Å². The van der Waals surface area contributed by atoms with Crippen LogP contribution in [0.15, 0.2) is 36.5 Å². The maximum absolute atomic E-state index is 13.2. The zero-order chi connectivity index (χ0) is 23.3. The summed E-state index contributed by atoms with van der Waals surface area (Å²) in [5.74, 6) is 1.65. The largest absolute Gasteiger partial charge is 0.497 e. The van der Waals surface area contributed by atoms with Gasteiger partial charge in [-0.3, -0.25) is 14.3 Å². The van der Waals surface area contributed by atoms with Gasteiger partial charge in [0.25, 0.3) is 5.91 Å². The maximum atomic E-state index is 13.2. The van der Waals surface area contributed by atoms with Crippen molar-refractivity contribution in [2.45, 2.75) is 45.6 Å². The van der Waals surface area contributed by atoms with Crippen LogP contribution in [0.25, 0.3) is 0 Å². The molecule has 7 heteroatoms. The number of carbonyl (C=O) groups excluding carboxylic acids is 2. The summed E-state index contributed by atoms with van der Waals surface area (Å²) in [6.45, 7) is 5.65. The summed E-state index contributed by atoms with van der Waals surface area (Å²) >= 11 is 0. The molecule has 0 spiro atoms. The highest BCUT2D eigenvalue weighted by molar-refractivity contribution is 5.92. The fourth-order valence-corrected chi connectivity index (χ4v) is 4.53. The number of amides is 2. The van der Waals surface area contributed by atoms with Crippen LogP contribution in [0.3, 0.4) is 0 Å². The van der Waals surface area contributed by atoms with E-state index >= 15 is 0 Å². The number of piperidine rings is 1. The van der Waals surface area contributed by atoms with E-state index in [9.17, 15) is 9.59 Å². The lowest BCUT2D eigenvalue weighted by Crippen LogP contribution is -2.48. The predicted molar refractivity (Wildman–Crippen MR) is 125 cm³/mol. The first kappa shape index (κ1) is 23.8. The Bertz CT molecular complexity index is 915. The second-order valence-corrected chi connectivity index (χ2v) is 9.23. The fraction of sp³-hybridized carbons (Fsp3) is 0.560. The molecule has 0 unspecified atom stereocenters. The van der Waals surface area contributed by atoms with Gasteiger partial charge in [-0.05, 0) is 54.9 Å². The molecule has 3 rings (SSSR count). The molecule has 1 fully saturated rings. The molecule has 1 aliphatic rings. The SMILES string of the molecule is COc1cccc(C[C@@H](C2CCN(C(=O)CC(C)C)CC2)N(C)C(=O)c2ccn(C)n2)c1. The lowest BCUT2D eigenvalue weighted by Gasteiger charge is -2.40. The van der Waals surface area contributed by atoms with Gasteiger partial charge < -0.3 is 14.5 Å². The van der Waals surface area contributed by atoms with Crippen LogP contribution in [0.5, 0.6) is 5.75 Å². The van der Waals surface area contributed by atoms with Crippen molar-refractivity contribution in [3.05, 3.63) is 47.8 Å². The van der Waals surface area contributed by atoms with Gasteiger partial charge in [0, 0.05) is 45.8 Å². The summed E-state index contributed by atoms with van der Waals surface area (Å²) in [6.07, 6.45) is 4.89. The van der Waals surface area contributed by atoms with Crippen LogP contribution in [0.2, 0.25) is 0 Å². The van der Waals surface area contributed by atoms with Gasteiger partial charge in [-0.1, -0.05) is 26.0 Å². The average molecular weight is 441 g/mol. The van der Waals surface area contributed by atoms with Crippen LogP contribution in [-0.4, -0.2) is 64.7 Å². The monoisotopic (exact) mass is 440 g/mol. The highest BCUT2D eigenvalue weighted by atomic mass is 16.5. The fourth-order valence-electron chi connectivity index (χ4n) is 4.53. The molecule has 0 aliphatic carbocycles. The molecule has 2 aromatic rings. The van der Waals surface area contributed by atoms with Crippen LogP contribution in [-0.2, 0) is 18.3 Å². The van der Waals surface area contributed by atoms with Gasteiger partial charge in [-0.15, -0.1) is 0 Å². The van der Waals surface area contributed by atoms with E-state index in [-0.39, 0.29) is 17.9 Å². The quantitative estimate of drug-likeness (QED) is 0.631. The van der Waals surface area contributed by atoms with Crippen molar-refractivity contribution in [2.24, 2.45) is 18.9 Å². The Morgan fingerprint density at radius 1 is 1.22 bits per heavy atom. The van der Waals surface area contributed by atoms with Gasteiger partial charge in [0.2, 0.25) is 5.91 Å². The smallest absolute Gasteiger partial charge is 0.274 e. The Morgan fingerprint density at radius 2 is 1.94 bits per heavy atom. The van der Waals surface area contributed by atoms with Crippen LogP contribution in [0.4, 0.5) is 0 Å². The van der Waals surface area contributed by atoms with Crippen LogP contribution in [0.1, 0.15) is 49.2 Å². The van der Waals surface area contributed by atoms with Crippen LogP contribution < -0.4 is 4.74 Å². The topological polar surface area (TPSA) is 67.7 Å². The van der Waals surface area contributed by atoms with E-state index in [0.717, 1.165) is 43.7 Å². The van der Waals surface area contributed by atoms with E-state index < -0.39 is 0 Å². The third kappa shape index (κ3) is 5.90. The number of rotatable bonds is 8. The maximum Gasteiger partial charge on any atom is 0.274 e. The predicted octanol–water partition coefficient (Wildman–Crippen LogP) is 3.40. The lowest BCUT2D eigenvalue weighted by molar-refractivity contribution is -0.133. The molecule has 0 bridgehead atoms. The Kier molecular flexibility index (Phi) is 7.94. The minimum absolute atomic E-state index is 0.0129. The molecule has 1 aromatic carbocycles. The standard InChI is InChI=1S/C25H36N4O3/c1-18(2)15-24(30)29-13-9-20(10-14-29)23(17-19-7-6-8-21(16-19)32-5)28(4)25(31)22-11-12-27(3)26-22/h6-8,11-12,16,18,20,23H,9-10,13-15,17H2,1-5H3/t23-/m0/s1. The Hall–Kier alpha value is -2.83. The zero-order valence-corrected chi connectivity index (χ0v) is 20.0. The number of ether oxygens (including phenoxy) is 1. The van der Waals surface area contributed by atoms with Crippen LogP contribution >= 0.6 is 0 Å². The Labute approximate surface area is 191 Å². The molecular weight excluding hydrogens is 404 g/mol. The van der Waals surface area contributed by atoms with E-state index in [2.05, 4.69) is 25.0 Å². The number of likely N-dealkylation sites (tertiary alicyclic amines) is 1. The molecule has 1 saturated heterocycles. The van der Waals surface area contributed by atoms with Gasteiger partial charge in [0.05, 0.1) is 7.11 Å². The first-order valence-electron chi connectivity index (χ1n) is 11.5. The first-order chi connectivity index (χ1) is 15.3.